The number of hydrogen-bond donors (Lipinski definition) is 3. The molecule has 1 fully saturated rings. The molecule has 1 saturated carbocycles. The van der Waals surface area contributed by atoms with Gasteiger partial charge in [-0.2, -0.15) is 9.97 Å². The lowest BCUT2D eigenvalue weighted by Crippen LogP contribution is -2.41. The average molecular weight is 597 g/mol. The van der Waals surface area contributed by atoms with Crippen LogP contribution in [-0.4, -0.2) is 47.6 Å². The van der Waals surface area contributed by atoms with E-state index in [1.807, 2.05) is 33.7 Å². The van der Waals surface area contributed by atoms with Crippen molar-refractivity contribution in [3.63, 3.8) is 0 Å². The first-order chi connectivity index (χ1) is 20.0. The molecular formula is C29H35Cl2N9O. The van der Waals surface area contributed by atoms with Gasteiger partial charge in [0.15, 0.2) is 0 Å². The average Bonchev–Trinajstić information content (AvgIpc) is 3.70. The third kappa shape index (κ3) is 8.43. The molecule has 3 N–H and O–H groups in total. The highest BCUT2D eigenvalue weighted by Gasteiger charge is 2.25. The summed E-state index contributed by atoms with van der Waals surface area (Å²) in [6.45, 7) is 1.82. The van der Waals surface area contributed by atoms with Gasteiger partial charge in [-0.1, -0.05) is 61.4 Å². The van der Waals surface area contributed by atoms with Gasteiger partial charge < -0.3 is 20.5 Å². The van der Waals surface area contributed by atoms with Crippen LogP contribution in [0, 0.1) is 5.92 Å². The van der Waals surface area contributed by atoms with E-state index in [9.17, 15) is 4.79 Å². The number of amides is 1. The molecule has 0 spiro atoms. The summed E-state index contributed by atoms with van der Waals surface area (Å²) in [6.07, 6.45) is 18.2. The number of anilines is 2. The molecule has 1 atom stereocenters. The number of imidazole rings is 2. The van der Waals surface area contributed by atoms with Gasteiger partial charge in [0.2, 0.25) is 11.9 Å². The Balaban J connectivity index is 1.32. The summed E-state index contributed by atoms with van der Waals surface area (Å²) in [5.74, 6) is 2.08. The van der Waals surface area contributed by atoms with Crippen LogP contribution in [0.4, 0.5) is 11.8 Å². The fourth-order valence-corrected chi connectivity index (χ4v) is 5.61. The predicted molar refractivity (Wildman–Crippen MR) is 161 cm³/mol. The van der Waals surface area contributed by atoms with Crippen molar-refractivity contribution in [2.45, 2.75) is 64.1 Å². The molecule has 1 aliphatic carbocycles. The minimum absolute atomic E-state index is 0.0979. The van der Waals surface area contributed by atoms with Crippen molar-refractivity contribution in [2.75, 3.05) is 17.2 Å². The van der Waals surface area contributed by atoms with Gasteiger partial charge >= 0.3 is 0 Å². The standard InChI is InChI=1S/C29H35Cl2N9O/c30-23-8-7-22(24(31)16-23)18-35-28(41)25(15-21-5-2-1-3-6-21)36-26-17-27(40-14-11-33-20-40)38-29(37-26)34-9-4-12-39-13-10-32-19-39/h7-8,10-11,13-14,16-17,19-21,25H,1-6,9,12,15,18H2,(H,35,41)(H2,34,36,37,38)/t25-/m1/s1. The van der Waals surface area contributed by atoms with Crippen LogP contribution in [0.2, 0.25) is 10.0 Å². The lowest BCUT2D eigenvalue weighted by Gasteiger charge is -2.27. The number of aryl methyl sites for hydroxylation is 1. The maximum atomic E-state index is 13.6. The molecule has 3 aromatic heterocycles. The van der Waals surface area contributed by atoms with Crippen LogP contribution in [0.3, 0.4) is 0 Å². The Bertz CT molecular complexity index is 1390. The van der Waals surface area contributed by atoms with Crippen LogP contribution in [0.25, 0.3) is 5.82 Å². The Morgan fingerprint density at radius 3 is 2.61 bits per heavy atom. The molecular weight excluding hydrogens is 561 g/mol. The summed E-state index contributed by atoms with van der Waals surface area (Å²) >= 11 is 12.4. The van der Waals surface area contributed by atoms with Crippen LogP contribution in [0.1, 0.15) is 50.5 Å². The number of aromatic nitrogens is 6. The van der Waals surface area contributed by atoms with Crippen molar-refractivity contribution >= 4 is 40.9 Å². The Morgan fingerprint density at radius 2 is 1.85 bits per heavy atom. The van der Waals surface area contributed by atoms with E-state index in [2.05, 4.69) is 30.9 Å². The highest BCUT2D eigenvalue weighted by molar-refractivity contribution is 6.35. The van der Waals surface area contributed by atoms with Gasteiger partial charge in [0, 0.05) is 60.5 Å². The monoisotopic (exact) mass is 595 g/mol. The smallest absolute Gasteiger partial charge is 0.242 e. The minimum atomic E-state index is -0.469. The first-order valence-corrected chi connectivity index (χ1v) is 14.8. The van der Waals surface area contributed by atoms with Gasteiger partial charge in [-0.05, 0) is 36.5 Å². The largest absolute Gasteiger partial charge is 0.358 e. The zero-order valence-corrected chi connectivity index (χ0v) is 24.4. The number of carbonyl (C=O) groups is 1. The molecule has 0 unspecified atom stereocenters. The van der Waals surface area contributed by atoms with E-state index in [0.717, 1.165) is 37.8 Å². The number of nitrogens with zero attached hydrogens (tertiary/aromatic N) is 6. The van der Waals surface area contributed by atoms with Crippen LogP contribution in [0.15, 0.2) is 61.7 Å². The van der Waals surface area contributed by atoms with E-state index in [0.29, 0.717) is 46.6 Å². The first-order valence-electron chi connectivity index (χ1n) is 14.1. The van der Waals surface area contributed by atoms with Crippen LogP contribution in [-0.2, 0) is 17.9 Å². The fourth-order valence-electron chi connectivity index (χ4n) is 5.13. The van der Waals surface area contributed by atoms with Gasteiger partial charge in [-0.3, -0.25) is 9.36 Å². The fraction of sp³-hybridized carbons (Fsp3) is 0.414. The number of benzene rings is 1. The van der Waals surface area contributed by atoms with Crippen LogP contribution >= 0.6 is 23.2 Å². The zero-order valence-electron chi connectivity index (χ0n) is 22.8. The van der Waals surface area contributed by atoms with Gasteiger partial charge in [0.05, 0.1) is 6.33 Å². The Hall–Kier alpha value is -3.63. The highest BCUT2D eigenvalue weighted by Crippen LogP contribution is 2.29. The predicted octanol–water partition coefficient (Wildman–Crippen LogP) is 5.74. The lowest BCUT2D eigenvalue weighted by molar-refractivity contribution is -0.122. The van der Waals surface area contributed by atoms with Gasteiger partial charge in [0.25, 0.3) is 0 Å². The van der Waals surface area contributed by atoms with E-state index in [-0.39, 0.29) is 5.91 Å². The maximum Gasteiger partial charge on any atom is 0.242 e. The quantitative estimate of drug-likeness (QED) is 0.169. The number of hydrogen-bond acceptors (Lipinski definition) is 7. The summed E-state index contributed by atoms with van der Waals surface area (Å²) in [7, 11) is 0. The molecule has 216 valence electrons. The molecule has 0 saturated heterocycles. The second-order valence-corrected chi connectivity index (χ2v) is 11.2. The first kappa shape index (κ1) is 28.9. The maximum absolute atomic E-state index is 13.6. The van der Waals surface area contributed by atoms with Crippen molar-refractivity contribution in [2.24, 2.45) is 5.92 Å². The summed E-state index contributed by atoms with van der Waals surface area (Å²) in [5, 5.41) is 10.9. The third-order valence-electron chi connectivity index (χ3n) is 7.32. The molecule has 3 heterocycles. The van der Waals surface area contributed by atoms with Crippen molar-refractivity contribution in [3.05, 3.63) is 77.3 Å². The number of carbonyl (C=O) groups excluding carboxylic acids is 1. The van der Waals surface area contributed by atoms with Crippen molar-refractivity contribution in [3.8, 4) is 5.82 Å². The van der Waals surface area contributed by atoms with E-state index in [1.54, 1.807) is 37.2 Å². The highest BCUT2D eigenvalue weighted by atomic mass is 35.5. The topological polar surface area (TPSA) is 115 Å². The minimum Gasteiger partial charge on any atom is -0.358 e. The van der Waals surface area contributed by atoms with E-state index < -0.39 is 6.04 Å². The normalized spacial score (nSPS) is 14.5. The number of rotatable bonds is 13. The molecule has 1 aliphatic rings. The molecule has 0 bridgehead atoms. The Morgan fingerprint density at radius 1 is 1.02 bits per heavy atom. The van der Waals surface area contributed by atoms with Crippen molar-refractivity contribution in [1.82, 2.24) is 34.4 Å². The third-order valence-corrected chi connectivity index (χ3v) is 7.90. The molecule has 41 heavy (non-hydrogen) atoms. The summed E-state index contributed by atoms with van der Waals surface area (Å²) < 4.78 is 3.85. The molecule has 0 radical (unpaired) electrons. The zero-order chi connectivity index (χ0) is 28.4. The van der Waals surface area contributed by atoms with Gasteiger partial charge in [0.1, 0.15) is 24.0 Å². The SMILES string of the molecule is O=C(NCc1ccc(Cl)cc1Cl)[C@@H](CC1CCCCC1)Nc1cc(-n2ccnc2)nc(NCCCn2ccnc2)n1. The number of halogens is 2. The molecule has 10 nitrogen and oxygen atoms in total. The summed E-state index contributed by atoms with van der Waals surface area (Å²) in [4.78, 5) is 31.2. The van der Waals surface area contributed by atoms with Gasteiger partial charge in [-0.15, -0.1) is 0 Å². The van der Waals surface area contributed by atoms with Crippen LogP contribution in [0.5, 0.6) is 0 Å². The molecule has 12 heteroatoms. The van der Waals surface area contributed by atoms with Crippen molar-refractivity contribution < 1.29 is 4.79 Å². The summed E-state index contributed by atoms with van der Waals surface area (Å²) in [5.41, 5.74) is 0.812. The van der Waals surface area contributed by atoms with E-state index >= 15 is 0 Å². The molecule has 1 aromatic carbocycles. The lowest BCUT2D eigenvalue weighted by atomic mass is 9.84. The Labute approximate surface area is 249 Å². The molecule has 1 amide bonds. The molecule has 4 aromatic rings. The molecule has 0 aliphatic heterocycles. The summed E-state index contributed by atoms with van der Waals surface area (Å²) in [6, 6.07) is 6.67. The van der Waals surface area contributed by atoms with Crippen molar-refractivity contribution in [1.29, 1.82) is 0 Å². The van der Waals surface area contributed by atoms with Crippen LogP contribution < -0.4 is 16.0 Å². The second-order valence-electron chi connectivity index (χ2n) is 10.4. The Kier molecular flexibility index (Phi) is 10.1. The van der Waals surface area contributed by atoms with Gasteiger partial charge in [-0.25, -0.2) is 9.97 Å². The van der Waals surface area contributed by atoms with E-state index in [1.165, 1.54) is 19.3 Å². The second kappa shape index (κ2) is 14.3. The molecule has 5 rings (SSSR count). The number of nitrogens with one attached hydrogen (secondary N) is 3. The van der Waals surface area contributed by atoms with E-state index in [4.69, 9.17) is 28.2 Å².